The minimum absolute atomic E-state index is 0.0194. The lowest BCUT2D eigenvalue weighted by molar-refractivity contribution is -0.116. The van der Waals surface area contributed by atoms with Crippen LogP contribution < -0.4 is 11.1 Å². The first-order valence-corrected chi connectivity index (χ1v) is 7.36. The number of hydrogen-bond donors (Lipinski definition) is 2. The smallest absolute Gasteiger partial charge is 0.225 e. The van der Waals surface area contributed by atoms with E-state index in [1.165, 1.54) is 0 Å². The van der Waals surface area contributed by atoms with Gasteiger partial charge in [-0.15, -0.1) is 0 Å². The van der Waals surface area contributed by atoms with Gasteiger partial charge in [0.25, 0.3) is 0 Å². The summed E-state index contributed by atoms with van der Waals surface area (Å²) in [6, 6.07) is 5.80. The fourth-order valence-corrected chi connectivity index (χ4v) is 2.32. The molecule has 0 spiro atoms. The molecule has 1 amide bonds. The third-order valence-corrected chi connectivity index (χ3v) is 3.59. The molecule has 1 aromatic rings. The third kappa shape index (κ3) is 5.73. The van der Waals surface area contributed by atoms with Crippen molar-refractivity contribution in [2.45, 2.75) is 33.2 Å². The summed E-state index contributed by atoms with van der Waals surface area (Å²) in [4.78, 5) is 14.3. The van der Waals surface area contributed by atoms with Crippen molar-refractivity contribution in [1.82, 2.24) is 4.90 Å². The molecule has 0 saturated carbocycles. The monoisotopic (exact) mass is 293 g/mol. The molecule has 0 bridgehead atoms. The summed E-state index contributed by atoms with van der Waals surface area (Å²) >= 11 is 0. The zero-order valence-electron chi connectivity index (χ0n) is 13.5. The maximum absolute atomic E-state index is 12.1. The molecule has 0 aliphatic rings. The van der Waals surface area contributed by atoms with Crippen LogP contribution in [0.5, 0.6) is 0 Å². The van der Waals surface area contributed by atoms with Gasteiger partial charge in [0.1, 0.15) is 0 Å². The maximum Gasteiger partial charge on any atom is 0.225 e. The number of ether oxygens (including phenoxy) is 1. The summed E-state index contributed by atoms with van der Waals surface area (Å²) in [6.07, 6.45) is 0.464. The van der Waals surface area contributed by atoms with E-state index < -0.39 is 0 Å². The number of anilines is 2. The van der Waals surface area contributed by atoms with Crippen molar-refractivity contribution in [2.24, 2.45) is 0 Å². The Hall–Kier alpha value is -1.59. The number of likely N-dealkylation sites (N-methyl/N-ethyl adjacent to an activating group) is 1. The summed E-state index contributed by atoms with van der Waals surface area (Å²) in [7, 11) is 1.70. The number of carbonyl (C=O) groups is 1. The number of carbonyl (C=O) groups excluding carboxylic acids is 1. The highest BCUT2D eigenvalue weighted by molar-refractivity contribution is 5.91. The molecule has 0 heterocycles. The molecule has 3 N–H and O–H groups in total. The summed E-state index contributed by atoms with van der Waals surface area (Å²) in [6.45, 7) is 8.43. The zero-order chi connectivity index (χ0) is 15.8. The second-order valence-electron chi connectivity index (χ2n) is 5.31. The topological polar surface area (TPSA) is 67.6 Å². The van der Waals surface area contributed by atoms with Crippen LogP contribution in [0.4, 0.5) is 11.4 Å². The number of nitrogens with zero attached hydrogens (tertiary/aromatic N) is 1. The number of nitrogens with one attached hydrogen (secondary N) is 1. The van der Waals surface area contributed by atoms with E-state index >= 15 is 0 Å². The number of nitrogens with two attached hydrogens (primary N) is 1. The quantitative estimate of drug-likeness (QED) is 0.722. The Bertz CT molecular complexity index is 463. The van der Waals surface area contributed by atoms with Gasteiger partial charge in [-0.2, -0.15) is 0 Å². The van der Waals surface area contributed by atoms with E-state index in [1.54, 1.807) is 13.2 Å². The van der Waals surface area contributed by atoms with Crippen LogP contribution in [0.3, 0.4) is 0 Å². The molecular formula is C16H27N3O2. The van der Waals surface area contributed by atoms with Crippen molar-refractivity contribution in [2.75, 3.05) is 37.9 Å². The number of aryl methyl sites for hydroxylation is 1. The minimum atomic E-state index is 0.0194. The Labute approximate surface area is 127 Å². The highest BCUT2D eigenvalue weighted by Gasteiger charge is 2.13. The predicted molar refractivity (Wildman–Crippen MR) is 87.4 cm³/mol. The number of methoxy groups -OCH3 is 1. The highest BCUT2D eigenvalue weighted by atomic mass is 16.5. The lowest BCUT2D eigenvalue weighted by Crippen LogP contribution is -2.38. The second kappa shape index (κ2) is 8.64. The van der Waals surface area contributed by atoms with E-state index in [0.717, 1.165) is 24.3 Å². The van der Waals surface area contributed by atoms with Gasteiger partial charge >= 0.3 is 0 Å². The molecule has 0 radical (unpaired) electrons. The van der Waals surface area contributed by atoms with Gasteiger partial charge in [-0.3, -0.25) is 9.69 Å². The van der Waals surface area contributed by atoms with Gasteiger partial charge in [0, 0.05) is 37.5 Å². The first-order valence-electron chi connectivity index (χ1n) is 7.36. The van der Waals surface area contributed by atoms with Crippen molar-refractivity contribution < 1.29 is 9.53 Å². The van der Waals surface area contributed by atoms with Crippen LogP contribution in [0.2, 0.25) is 0 Å². The lowest BCUT2D eigenvalue weighted by atomic mass is 10.1. The van der Waals surface area contributed by atoms with Gasteiger partial charge < -0.3 is 15.8 Å². The van der Waals surface area contributed by atoms with Crippen molar-refractivity contribution >= 4 is 17.3 Å². The number of hydrogen-bond acceptors (Lipinski definition) is 4. The van der Waals surface area contributed by atoms with Crippen LogP contribution in [0.15, 0.2) is 18.2 Å². The first-order chi connectivity index (χ1) is 9.97. The van der Waals surface area contributed by atoms with Crippen LogP contribution in [-0.4, -0.2) is 43.7 Å². The van der Waals surface area contributed by atoms with Gasteiger partial charge in [0.05, 0.1) is 6.61 Å². The van der Waals surface area contributed by atoms with E-state index in [-0.39, 0.29) is 5.91 Å². The SMILES string of the molecule is CCN(CCC(=O)Nc1ccc(N)cc1C)C(C)COC. The fourth-order valence-electron chi connectivity index (χ4n) is 2.32. The van der Waals surface area contributed by atoms with Gasteiger partial charge in [-0.05, 0) is 44.2 Å². The normalized spacial score (nSPS) is 12.4. The van der Waals surface area contributed by atoms with Crippen LogP contribution in [0, 0.1) is 6.92 Å². The van der Waals surface area contributed by atoms with Crippen molar-refractivity contribution in [3.8, 4) is 0 Å². The summed E-state index contributed by atoms with van der Waals surface area (Å²) < 4.78 is 5.16. The van der Waals surface area contributed by atoms with E-state index in [2.05, 4.69) is 24.1 Å². The lowest BCUT2D eigenvalue weighted by Gasteiger charge is -2.26. The number of nitrogen functional groups attached to an aromatic ring is 1. The molecule has 0 aliphatic carbocycles. The molecule has 5 nitrogen and oxygen atoms in total. The molecule has 0 fully saturated rings. The molecular weight excluding hydrogens is 266 g/mol. The largest absolute Gasteiger partial charge is 0.399 e. The van der Waals surface area contributed by atoms with Gasteiger partial charge in [-0.25, -0.2) is 0 Å². The third-order valence-electron chi connectivity index (χ3n) is 3.59. The van der Waals surface area contributed by atoms with E-state index in [4.69, 9.17) is 10.5 Å². The van der Waals surface area contributed by atoms with Crippen LogP contribution in [0.25, 0.3) is 0 Å². The molecule has 5 heteroatoms. The van der Waals surface area contributed by atoms with Crippen molar-refractivity contribution in [3.05, 3.63) is 23.8 Å². The molecule has 0 aromatic heterocycles. The Morgan fingerprint density at radius 3 is 2.76 bits per heavy atom. The van der Waals surface area contributed by atoms with Crippen molar-refractivity contribution in [3.63, 3.8) is 0 Å². The Morgan fingerprint density at radius 2 is 2.19 bits per heavy atom. The highest BCUT2D eigenvalue weighted by Crippen LogP contribution is 2.17. The summed E-state index contributed by atoms with van der Waals surface area (Å²) in [5, 5.41) is 2.94. The standard InChI is InChI=1S/C16H27N3O2/c1-5-19(13(3)11-21-4)9-8-16(20)18-15-7-6-14(17)10-12(15)2/h6-7,10,13H,5,8-9,11,17H2,1-4H3,(H,18,20). The molecule has 1 unspecified atom stereocenters. The van der Waals surface area contributed by atoms with E-state index in [0.29, 0.717) is 24.8 Å². The number of rotatable bonds is 8. The number of benzene rings is 1. The zero-order valence-corrected chi connectivity index (χ0v) is 13.5. The predicted octanol–water partition coefficient (Wildman–Crippen LogP) is 2.26. The van der Waals surface area contributed by atoms with E-state index in [1.807, 2.05) is 19.1 Å². The van der Waals surface area contributed by atoms with Crippen LogP contribution in [0.1, 0.15) is 25.8 Å². The fraction of sp³-hybridized carbons (Fsp3) is 0.562. The second-order valence-corrected chi connectivity index (χ2v) is 5.31. The van der Waals surface area contributed by atoms with E-state index in [9.17, 15) is 4.79 Å². The van der Waals surface area contributed by atoms with Crippen molar-refractivity contribution in [1.29, 1.82) is 0 Å². The maximum atomic E-state index is 12.1. The molecule has 21 heavy (non-hydrogen) atoms. The number of amides is 1. The molecule has 1 aromatic carbocycles. The minimum Gasteiger partial charge on any atom is -0.399 e. The Morgan fingerprint density at radius 1 is 1.48 bits per heavy atom. The Balaban J connectivity index is 2.49. The molecule has 0 saturated heterocycles. The Kier molecular flexibility index (Phi) is 7.19. The molecule has 1 atom stereocenters. The average molecular weight is 293 g/mol. The van der Waals surface area contributed by atoms with Gasteiger partial charge in [0.2, 0.25) is 5.91 Å². The molecule has 1 rings (SSSR count). The summed E-state index contributed by atoms with van der Waals surface area (Å²) in [5.74, 6) is 0.0194. The molecule has 118 valence electrons. The first kappa shape index (κ1) is 17.5. The summed E-state index contributed by atoms with van der Waals surface area (Å²) in [5.41, 5.74) is 8.21. The van der Waals surface area contributed by atoms with Crippen LogP contribution in [-0.2, 0) is 9.53 Å². The molecule has 0 aliphatic heterocycles. The average Bonchev–Trinajstić information content (AvgIpc) is 2.43. The van der Waals surface area contributed by atoms with Crippen LogP contribution >= 0.6 is 0 Å². The van der Waals surface area contributed by atoms with Gasteiger partial charge in [-0.1, -0.05) is 6.92 Å². The van der Waals surface area contributed by atoms with Gasteiger partial charge in [0.15, 0.2) is 0 Å².